The van der Waals surface area contributed by atoms with E-state index in [1.54, 1.807) is 6.20 Å². The predicted molar refractivity (Wildman–Crippen MR) is 104 cm³/mol. The van der Waals surface area contributed by atoms with Crippen LogP contribution in [0.5, 0.6) is 5.75 Å². The summed E-state index contributed by atoms with van der Waals surface area (Å²) in [5, 5.41) is 9.90. The molecule has 1 aromatic carbocycles. The Labute approximate surface area is 155 Å². The summed E-state index contributed by atoms with van der Waals surface area (Å²) in [7, 11) is 0. The molecule has 1 aromatic heterocycles. The SMILES string of the molecule is CCN(CC)C(C)CNC(=O)Nc1cccc(OCCn2cccn2)c1. The third-order valence-corrected chi connectivity index (χ3v) is 4.23. The lowest BCUT2D eigenvalue weighted by atomic mass is 10.3. The van der Waals surface area contributed by atoms with Crippen LogP contribution in [-0.4, -0.2) is 53.0 Å². The summed E-state index contributed by atoms with van der Waals surface area (Å²) in [4.78, 5) is 14.4. The van der Waals surface area contributed by atoms with Crippen LogP contribution in [0.25, 0.3) is 0 Å². The quantitative estimate of drug-likeness (QED) is 0.684. The van der Waals surface area contributed by atoms with Gasteiger partial charge < -0.3 is 15.4 Å². The molecule has 0 radical (unpaired) electrons. The van der Waals surface area contributed by atoms with Gasteiger partial charge in [-0.3, -0.25) is 9.58 Å². The van der Waals surface area contributed by atoms with E-state index < -0.39 is 0 Å². The standard InChI is InChI=1S/C19H29N5O2/c1-4-23(5-2)16(3)15-20-19(25)22-17-8-6-9-18(14-17)26-13-12-24-11-7-10-21-24/h6-11,14,16H,4-5,12-13,15H2,1-3H3,(H2,20,22,25). The van der Waals surface area contributed by atoms with Gasteiger partial charge in [0.15, 0.2) is 0 Å². The van der Waals surface area contributed by atoms with Gasteiger partial charge in [0.2, 0.25) is 0 Å². The topological polar surface area (TPSA) is 71.4 Å². The lowest BCUT2D eigenvalue weighted by Gasteiger charge is -2.26. The molecule has 0 saturated carbocycles. The first-order chi connectivity index (χ1) is 12.6. The maximum atomic E-state index is 12.1. The highest BCUT2D eigenvalue weighted by atomic mass is 16.5. The Balaban J connectivity index is 1.77. The molecule has 7 nitrogen and oxygen atoms in total. The number of carbonyl (C=O) groups is 1. The van der Waals surface area contributed by atoms with Crippen molar-refractivity contribution >= 4 is 11.7 Å². The average molecular weight is 359 g/mol. The Morgan fingerprint density at radius 1 is 1.31 bits per heavy atom. The smallest absolute Gasteiger partial charge is 0.319 e. The summed E-state index contributed by atoms with van der Waals surface area (Å²) in [5.74, 6) is 0.714. The van der Waals surface area contributed by atoms with Gasteiger partial charge >= 0.3 is 6.03 Å². The van der Waals surface area contributed by atoms with Crippen LogP contribution in [0.3, 0.4) is 0 Å². The van der Waals surface area contributed by atoms with E-state index in [0.717, 1.165) is 13.1 Å². The number of amides is 2. The predicted octanol–water partition coefficient (Wildman–Crippen LogP) is 2.81. The fourth-order valence-electron chi connectivity index (χ4n) is 2.75. The summed E-state index contributed by atoms with van der Waals surface area (Å²) in [5.41, 5.74) is 0.703. The number of urea groups is 1. The van der Waals surface area contributed by atoms with E-state index in [9.17, 15) is 4.79 Å². The normalized spacial score (nSPS) is 12.0. The molecule has 0 aliphatic carbocycles. The first-order valence-corrected chi connectivity index (χ1v) is 9.11. The first-order valence-electron chi connectivity index (χ1n) is 9.11. The number of aromatic nitrogens is 2. The minimum Gasteiger partial charge on any atom is -0.492 e. The van der Waals surface area contributed by atoms with Crippen molar-refractivity contribution in [1.82, 2.24) is 20.0 Å². The Morgan fingerprint density at radius 2 is 2.12 bits per heavy atom. The highest BCUT2D eigenvalue weighted by Crippen LogP contribution is 2.17. The van der Waals surface area contributed by atoms with Gasteiger partial charge in [0.1, 0.15) is 12.4 Å². The van der Waals surface area contributed by atoms with E-state index in [1.165, 1.54) is 0 Å². The third-order valence-electron chi connectivity index (χ3n) is 4.23. The number of ether oxygens (including phenoxy) is 1. The fourth-order valence-corrected chi connectivity index (χ4v) is 2.75. The second-order valence-electron chi connectivity index (χ2n) is 6.05. The molecule has 0 aliphatic rings. The molecule has 2 rings (SSSR count). The Morgan fingerprint density at radius 3 is 2.81 bits per heavy atom. The molecule has 7 heteroatoms. The molecular formula is C19H29N5O2. The van der Waals surface area contributed by atoms with Crippen LogP contribution in [-0.2, 0) is 6.54 Å². The third kappa shape index (κ3) is 6.40. The number of anilines is 1. The number of nitrogens with zero attached hydrogens (tertiary/aromatic N) is 3. The Hall–Kier alpha value is -2.54. The summed E-state index contributed by atoms with van der Waals surface area (Å²) in [6, 6.07) is 9.35. The highest BCUT2D eigenvalue weighted by molar-refractivity contribution is 5.89. The van der Waals surface area contributed by atoms with Crippen molar-refractivity contribution in [1.29, 1.82) is 0 Å². The van der Waals surface area contributed by atoms with Gasteiger partial charge in [0, 0.05) is 36.7 Å². The van der Waals surface area contributed by atoms with Gasteiger partial charge in [-0.1, -0.05) is 19.9 Å². The minimum absolute atomic E-state index is 0.210. The molecule has 2 amide bonds. The fraction of sp³-hybridized carbons (Fsp3) is 0.474. The summed E-state index contributed by atoms with van der Waals surface area (Å²) in [6.07, 6.45) is 3.63. The van der Waals surface area contributed by atoms with Gasteiger partial charge in [0.05, 0.1) is 6.54 Å². The molecule has 0 aliphatic heterocycles. The van der Waals surface area contributed by atoms with Crippen LogP contribution in [0.4, 0.5) is 10.5 Å². The van der Waals surface area contributed by atoms with Crippen LogP contribution >= 0.6 is 0 Å². The molecule has 0 spiro atoms. The first kappa shape index (κ1) is 19.8. The molecule has 1 unspecified atom stereocenters. The summed E-state index contributed by atoms with van der Waals surface area (Å²) >= 11 is 0. The summed E-state index contributed by atoms with van der Waals surface area (Å²) < 4.78 is 7.53. The number of benzene rings is 1. The number of rotatable bonds is 10. The molecule has 1 atom stereocenters. The summed E-state index contributed by atoms with van der Waals surface area (Å²) in [6.45, 7) is 10.1. The van der Waals surface area contributed by atoms with Crippen LogP contribution in [0.15, 0.2) is 42.7 Å². The van der Waals surface area contributed by atoms with Crippen LogP contribution in [0.2, 0.25) is 0 Å². The van der Waals surface area contributed by atoms with Gasteiger partial charge in [-0.25, -0.2) is 4.79 Å². The maximum Gasteiger partial charge on any atom is 0.319 e. The molecule has 0 bridgehead atoms. The van der Waals surface area contributed by atoms with Gasteiger partial charge in [-0.05, 0) is 38.2 Å². The van der Waals surface area contributed by atoms with E-state index in [1.807, 2.05) is 41.2 Å². The van der Waals surface area contributed by atoms with Crippen molar-refractivity contribution in [3.63, 3.8) is 0 Å². The lowest BCUT2D eigenvalue weighted by Crippen LogP contribution is -2.43. The van der Waals surface area contributed by atoms with Gasteiger partial charge in [-0.15, -0.1) is 0 Å². The van der Waals surface area contributed by atoms with E-state index in [-0.39, 0.29) is 6.03 Å². The minimum atomic E-state index is -0.210. The van der Waals surface area contributed by atoms with E-state index >= 15 is 0 Å². The van der Waals surface area contributed by atoms with Crippen LogP contribution < -0.4 is 15.4 Å². The molecule has 26 heavy (non-hydrogen) atoms. The molecule has 2 N–H and O–H groups in total. The molecule has 0 saturated heterocycles. The van der Waals surface area contributed by atoms with Crippen molar-refractivity contribution in [2.24, 2.45) is 0 Å². The average Bonchev–Trinajstić information content (AvgIpc) is 3.15. The number of likely N-dealkylation sites (N-methyl/N-ethyl adjacent to an activating group) is 1. The maximum absolute atomic E-state index is 12.1. The van der Waals surface area contributed by atoms with Crippen LogP contribution in [0.1, 0.15) is 20.8 Å². The Bertz CT molecular complexity index is 656. The molecular weight excluding hydrogens is 330 g/mol. The van der Waals surface area contributed by atoms with E-state index in [4.69, 9.17) is 4.74 Å². The zero-order valence-corrected chi connectivity index (χ0v) is 15.8. The monoisotopic (exact) mass is 359 g/mol. The van der Waals surface area contributed by atoms with E-state index in [2.05, 4.69) is 41.4 Å². The van der Waals surface area contributed by atoms with Crippen molar-refractivity contribution < 1.29 is 9.53 Å². The second-order valence-corrected chi connectivity index (χ2v) is 6.05. The van der Waals surface area contributed by atoms with Gasteiger partial charge in [-0.2, -0.15) is 5.10 Å². The van der Waals surface area contributed by atoms with Crippen molar-refractivity contribution in [2.75, 3.05) is 31.6 Å². The molecule has 1 heterocycles. The number of hydrogen-bond donors (Lipinski definition) is 2. The number of carbonyl (C=O) groups excluding carboxylic acids is 1. The Kier molecular flexibility index (Phi) is 7.95. The van der Waals surface area contributed by atoms with Crippen LogP contribution in [0, 0.1) is 0 Å². The largest absolute Gasteiger partial charge is 0.492 e. The number of hydrogen-bond acceptors (Lipinski definition) is 4. The molecule has 0 fully saturated rings. The van der Waals surface area contributed by atoms with Gasteiger partial charge in [0.25, 0.3) is 0 Å². The van der Waals surface area contributed by atoms with Crippen molar-refractivity contribution in [3.05, 3.63) is 42.7 Å². The number of nitrogens with one attached hydrogen (secondary N) is 2. The van der Waals surface area contributed by atoms with E-state index in [0.29, 0.717) is 37.2 Å². The van der Waals surface area contributed by atoms with Crippen molar-refractivity contribution in [2.45, 2.75) is 33.4 Å². The highest BCUT2D eigenvalue weighted by Gasteiger charge is 2.11. The zero-order chi connectivity index (χ0) is 18.8. The molecule has 2 aromatic rings. The van der Waals surface area contributed by atoms with Crippen molar-refractivity contribution in [3.8, 4) is 5.75 Å². The lowest BCUT2D eigenvalue weighted by molar-refractivity contribution is 0.220. The molecule has 142 valence electrons. The second kappa shape index (κ2) is 10.5. The zero-order valence-electron chi connectivity index (χ0n) is 15.8.